The molecule has 1 aliphatic rings. The Morgan fingerprint density at radius 3 is 2.44 bits per heavy atom. The lowest BCUT2D eigenvalue weighted by atomic mass is 9.98. The molecule has 0 radical (unpaired) electrons. The summed E-state index contributed by atoms with van der Waals surface area (Å²) in [6, 6.07) is 1.88. The van der Waals surface area contributed by atoms with E-state index in [1.165, 1.54) is 0 Å². The second kappa shape index (κ2) is 6.53. The lowest BCUT2D eigenvalue weighted by molar-refractivity contribution is -0.134. The Kier molecular flexibility index (Phi) is 4.30. The minimum Gasteiger partial charge on any atom is -0.460 e. The highest BCUT2D eigenvalue weighted by atomic mass is 16.5. The number of nitrogens with zero attached hydrogens (tertiary/aromatic N) is 1. The van der Waals surface area contributed by atoms with Gasteiger partial charge in [0.25, 0.3) is 0 Å². The quantitative estimate of drug-likeness (QED) is 0.649. The van der Waals surface area contributed by atoms with Crippen molar-refractivity contribution in [3.05, 3.63) is 44.5 Å². The molecular formula is C21H23NO5. The maximum Gasteiger partial charge on any atom is 0.340 e. The van der Waals surface area contributed by atoms with E-state index in [4.69, 9.17) is 13.6 Å². The molecule has 6 nitrogen and oxygen atoms in total. The van der Waals surface area contributed by atoms with Gasteiger partial charge in [-0.15, -0.1) is 0 Å². The van der Waals surface area contributed by atoms with Crippen molar-refractivity contribution in [2.75, 3.05) is 26.3 Å². The van der Waals surface area contributed by atoms with E-state index in [2.05, 4.69) is 0 Å². The van der Waals surface area contributed by atoms with Crippen molar-refractivity contribution >= 4 is 27.8 Å². The van der Waals surface area contributed by atoms with E-state index in [0.717, 1.165) is 38.8 Å². The molecule has 27 heavy (non-hydrogen) atoms. The number of carbonyl (C=O) groups is 1. The van der Waals surface area contributed by atoms with E-state index >= 15 is 0 Å². The second-order valence-electron chi connectivity index (χ2n) is 7.22. The van der Waals surface area contributed by atoms with Crippen molar-refractivity contribution in [1.82, 2.24) is 4.90 Å². The van der Waals surface area contributed by atoms with E-state index < -0.39 is 5.63 Å². The monoisotopic (exact) mass is 369 g/mol. The van der Waals surface area contributed by atoms with Crippen LogP contribution in [0.3, 0.4) is 0 Å². The Hall–Kier alpha value is -2.60. The molecule has 0 unspecified atom stereocenters. The van der Waals surface area contributed by atoms with Crippen LogP contribution < -0.4 is 5.63 Å². The normalized spacial score (nSPS) is 15.0. The van der Waals surface area contributed by atoms with Crippen LogP contribution in [0.1, 0.15) is 28.0 Å². The molecule has 6 heteroatoms. The number of rotatable bonds is 2. The average Bonchev–Trinajstić information content (AvgIpc) is 2.94. The van der Waals surface area contributed by atoms with Crippen LogP contribution in [0, 0.1) is 27.7 Å². The third kappa shape index (κ3) is 2.84. The first-order valence-electron chi connectivity index (χ1n) is 9.19. The molecule has 0 atom stereocenters. The summed E-state index contributed by atoms with van der Waals surface area (Å²) in [6.45, 7) is 9.96. The molecular weight excluding hydrogens is 346 g/mol. The Balaban J connectivity index is 1.88. The number of amides is 1. The number of aryl methyl sites for hydroxylation is 4. The SMILES string of the molecule is Cc1oc2c(c(C)cc3oc(=O)c(CC(=O)N4CCOCC4)c(C)c32)c1C. The van der Waals surface area contributed by atoms with Crippen LogP contribution in [0.2, 0.25) is 0 Å². The molecule has 1 amide bonds. The number of hydrogen-bond acceptors (Lipinski definition) is 5. The van der Waals surface area contributed by atoms with Gasteiger partial charge in [-0.3, -0.25) is 4.79 Å². The maximum absolute atomic E-state index is 12.7. The molecule has 0 bridgehead atoms. The first-order chi connectivity index (χ1) is 12.9. The van der Waals surface area contributed by atoms with E-state index in [1.54, 1.807) is 4.90 Å². The van der Waals surface area contributed by atoms with Crippen LogP contribution in [0.4, 0.5) is 0 Å². The Morgan fingerprint density at radius 1 is 1.04 bits per heavy atom. The lowest BCUT2D eigenvalue weighted by Gasteiger charge is -2.27. The minimum atomic E-state index is -0.458. The molecule has 3 heterocycles. The topological polar surface area (TPSA) is 72.9 Å². The molecule has 1 fully saturated rings. The van der Waals surface area contributed by atoms with Crippen molar-refractivity contribution in [2.45, 2.75) is 34.1 Å². The highest BCUT2D eigenvalue weighted by Crippen LogP contribution is 2.36. The fourth-order valence-corrected chi connectivity index (χ4v) is 3.91. The molecule has 3 aromatic rings. The van der Waals surface area contributed by atoms with Gasteiger partial charge in [0, 0.05) is 18.5 Å². The third-order valence-electron chi connectivity index (χ3n) is 5.57. The first-order valence-corrected chi connectivity index (χ1v) is 9.19. The summed E-state index contributed by atoms with van der Waals surface area (Å²) in [5.74, 6) is 0.764. The summed E-state index contributed by atoms with van der Waals surface area (Å²) in [6.07, 6.45) is 0.0259. The van der Waals surface area contributed by atoms with Gasteiger partial charge in [-0.2, -0.15) is 0 Å². The van der Waals surface area contributed by atoms with Crippen LogP contribution in [0.5, 0.6) is 0 Å². The highest BCUT2D eigenvalue weighted by Gasteiger charge is 2.23. The number of ether oxygens (including phenoxy) is 1. The molecule has 0 spiro atoms. The van der Waals surface area contributed by atoms with Crippen molar-refractivity contribution in [1.29, 1.82) is 0 Å². The van der Waals surface area contributed by atoms with Gasteiger partial charge in [0.05, 0.1) is 30.6 Å². The van der Waals surface area contributed by atoms with Crippen LogP contribution in [0.15, 0.2) is 19.7 Å². The summed E-state index contributed by atoms with van der Waals surface area (Å²) in [5.41, 5.74) is 4.01. The molecule has 0 N–H and O–H groups in total. The van der Waals surface area contributed by atoms with E-state index in [1.807, 2.05) is 33.8 Å². The van der Waals surface area contributed by atoms with Crippen molar-refractivity contribution < 1.29 is 18.4 Å². The zero-order chi connectivity index (χ0) is 19.3. The summed E-state index contributed by atoms with van der Waals surface area (Å²) < 4.78 is 16.9. The standard InChI is InChI=1S/C21H23NO5/c1-11-9-16-19(20-18(11)12(2)14(4)26-20)13(3)15(21(24)27-16)10-17(23)22-5-7-25-8-6-22/h9H,5-8,10H2,1-4H3. The van der Waals surface area contributed by atoms with Gasteiger partial charge in [-0.25, -0.2) is 4.79 Å². The number of hydrogen-bond donors (Lipinski definition) is 0. The van der Waals surface area contributed by atoms with Gasteiger partial charge >= 0.3 is 5.63 Å². The molecule has 142 valence electrons. The van der Waals surface area contributed by atoms with Crippen LogP contribution >= 0.6 is 0 Å². The lowest BCUT2D eigenvalue weighted by Crippen LogP contribution is -2.42. The Labute approximate surface area is 156 Å². The number of furan rings is 1. The van der Waals surface area contributed by atoms with Crippen molar-refractivity contribution in [2.24, 2.45) is 0 Å². The molecule has 1 saturated heterocycles. The van der Waals surface area contributed by atoms with Crippen molar-refractivity contribution in [3.63, 3.8) is 0 Å². The molecule has 2 aromatic heterocycles. The van der Waals surface area contributed by atoms with Crippen LogP contribution in [-0.2, 0) is 16.0 Å². The van der Waals surface area contributed by atoms with Gasteiger partial charge in [-0.1, -0.05) is 0 Å². The summed E-state index contributed by atoms with van der Waals surface area (Å²) in [4.78, 5) is 27.0. The number of morpholine rings is 1. The second-order valence-corrected chi connectivity index (χ2v) is 7.22. The molecule has 0 aliphatic carbocycles. The summed E-state index contributed by atoms with van der Waals surface area (Å²) >= 11 is 0. The van der Waals surface area contributed by atoms with Gasteiger partial charge < -0.3 is 18.5 Å². The molecule has 1 aromatic carbocycles. The molecule has 0 saturated carbocycles. The van der Waals surface area contributed by atoms with E-state index in [-0.39, 0.29) is 12.3 Å². The summed E-state index contributed by atoms with van der Waals surface area (Å²) in [7, 11) is 0. The largest absolute Gasteiger partial charge is 0.460 e. The third-order valence-corrected chi connectivity index (χ3v) is 5.57. The zero-order valence-corrected chi connectivity index (χ0v) is 16.1. The first kappa shape index (κ1) is 17.8. The average molecular weight is 369 g/mol. The summed E-state index contributed by atoms with van der Waals surface area (Å²) in [5, 5.41) is 1.82. The Bertz CT molecular complexity index is 1120. The van der Waals surface area contributed by atoms with E-state index in [9.17, 15) is 9.59 Å². The number of fused-ring (bicyclic) bond motifs is 3. The number of benzene rings is 1. The van der Waals surface area contributed by atoms with Crippen LogP contribution in [0.25, 0.3) is 21.9 Å². The van der Waals surface area contributed by atoms with E-state index in [0.29, 0.717) is 37.4 Å². The smallest absolute Gasteiger partial charge is 0.340 e. The molecule has 4 rings (SSSR count). The van der Waals surface area contributed by atoms with Crippen LogP contribution in [-0.4, -0.2) is 37.1 Å². The fourth-order valence-electron chi connectivity index (χ4n) is 3.91. The van der Waals surface area contributed by atoms with Gasteiger partial charge in [0.15, 0.2) is 0 Å². The predicted molar refractivity (Wildman–Crippen MR) is 102 cm³/mol. The van der Waals surface area contributed by atoms with Gasteiger partial charge in [0.2, 0.25) is 5.91 Å². The van der Waals surface area contributed by atoms with Gasteiger partial charge in [-0.05, 0) is 50.5 Å². The highest BCUT2D eigenvalue weighted by molar-refractivity contribution is 6.07. The van der Waals surface area contributed by atoms with Gasteiger partial charge in [0.1, 0.15) is 16.9 Å². The zero-order valence-electron chi connectivity index (χ0n) is 16.1. The van der Waals surface area contributed by atoms with Crippen molar-refractivity contribution in [3.8, 4) is 0 Å². The fraction of sp³-hybridized carbons (Fsp3) is 0.429. The minimum absolute atomic E-state index is 0.0259. The predicted octanol–water partition coefficient (Wildman–Crippen LogP) is 3.17. The maximum atomic E-state index is 12.7. The molecule has 1 aliphatic heterocycles. The number of carbonyl (C=O) groups excluding carboxylic acids is 1. The Morgan fingerprint density at radius 2 is 1.74 bits per heavy atom.